The van der Waals surface area contributed by atoms with Gasteiger partial charge in [-0.2, -0.15) is 0 Å². The highest BCUT2D eigenvalue weighted by molar-refractivity contribution is 7.25. The van der Waals surface area contributed by atoms with Crippen molar-refractivity contribution in [3.05, 3.63) is 61.1 Å². The van der Waals surface area contributed by atoms with Crippen LogP contribution in [0.1, 0.15) is 0 Å². The Balaban J connectivity index is 1.57. The minimum atomic E-state index is 0.886. The highest BCUT2D eigenvalue weighted by atomic mass is 32.1. The van der Waals surface area contributed by atoms with Crippen LogP contribution in [0.25, 0.3) is 52.1 Å². The standard InChI is InChI=1S/C20H10N4S2/c1-3-11-13-10-23-15(9-17(13)26-19(11)22-8-1)14-6-5-12-18-16(4-2-7-21-18)25-20(12)24-14/h1-10H. The number of aromatic nitrogens is 4. The summed E-state index contributed by atoms with van der Waals surface area (Å²) in [5.74, 6) is 0. The molecule has 0 unspecified atom stereocenters. The normalized spacial score (nSPS) is 11.8. The second kappa shape index (κ2) is 5.27. The molecule has 6 heterocycles. The first kappa shape index (κ1) is 14.2. The Hall–Kier alpha value is -2.96. The van der Waals surface area contributed by atoms with E-state index in [9.17, 15) is 0 Å². The molecule has 0 amide bonds. The van der Waals surface area contributed by atoms with Gasteiger partial charge >= 0.3 is 0 Å². The molecule has 6 aromatic heterocycles. The monoisotopic (exact) mass is 370 g/mol. The van der Waals surface area contributed by atoms with Crippen LogP contribution in [0, 0.1) is 0 Å². The lowest BCUT2D eigenvalue weighted by Crippen LogP contribution is -1.86. The molecule has 0 saturated carbocycles. The van der Waals surface area contributed by atoms with Crippen molar-refractivity contribution in [1.29, 1.82) is 0 Å². The van der Waals surface area contributed by atoms with Crippen molar-refractivity contribution >= 4 is 63.4 Å². The zero-order valence-corrected chi connectivity index (χ0v) is 15.0. The summed E-state index contributed by atoms with van der Waals surface area (Å²) < 4.78 is 2.34. The summed E-state index contributed by atoms with van der Waals surface area (Å²) in [4.78, 5) is 20.5. The van der Waals surface area contributed by atoms with Gasteiger partial charge in [-0.05, 0) is 42.5 Å². The number of hydrogen-bond acceptors (Lipinski definition) is 6. The summed E-state index contributed by atoms with van der Waals surface area (Å²) in [7, 11) is 0. The molecule has 0 spiro atoms. The largest absolute Gasteiger partial charge is 0.255 e. The van der Waals surface area contributed by atoms with Crippen molar-refractivity contribution < 1.29 is 0 Å². The van der Waals surface area contributed by atoms with Crippen molar-refractivity contribution in [3.63, 3.8) is 0 Å². The number of rotatable bonds is 1. The molecule has 6 rings (SSSR count). The summed E-state index contributed by atoms with van der Waals surface area (Å²) in [5.41, 5.74) is 2.79. The second-order valence-electron chi connectivity index (χ2n) is 6.03. The van der Waals surface area contributed by atoms with E-state index in [2.05, 4.69) is 39.2 Å². The molecule has 0 N–H and O–H groups in total. The minimum absolute atomic E-state index is 0.886. The molecule has 0 aromatic carbocycles. The van der Waals surface area contributed by atoms with Crippen molar-refractivity contribution in [2.45, 2.75) is 0 Å². The lowest BCUT2D eigenvalue weighted by Gasteiger charge is -2.00. The van der Waals surface area contributed by atoms with Gasteiger partial charge in [0.1, 0.15) is 9.66 Å². The molecule has 0 aliphatic rings. The van der Waals surface area contributed by atoms with E-state index in [-0.39, 0.29) is 0 Å². The molecule has 0 atom stereocenters. The molecule has 6 aromatic rings. The van der Waals surface area contributed by atoms with Crippen molar-refractivity contribution in [3.8, 4) is 11.4 Å². The molecule has 6 heteroatoms. The van der Waals surface area contributed by atoms with Crippen molar-refractivity contribution in [2.75, 3.05) is 0 Å². The van der Waals surface area contributed by atoms with Crippen LogP contribution in [0.15, 0.2) is 61.1 Å². The fraction of sp³-hybridized carbons (Fsp3) is 0. The number of hydrogen-bond donors (Lipinski definition) is 0. The first-order valence-electron chi connectivity index (χ1n) is 8.15. The third kappa shape index (κ3) is 2.00. The zero-order valence-electron chi connectivity index (χ0n) is 13.4. The molecule has 0 aliphatic carbocycles. The van der Waals surface area contributed by atoms with Gasteiger partial charge < -0.3 is 0 Å². The zero-order chi connectivity index (χ0) is 17.1. The first-order valence-corrected chi connectivity index (χ1v) is 9.78. The highest BCUT2D eigenvalue weighted by Crippen LogP contribution is 2.35. The molecule has 4 nitrogen and oxygen atoms in total. The molecule has 0 aliphatic heterocycles. The van der Waals surface area contributed by atoms with Crippen LogP contribution in [0.4, 0.5) is 0 Å². The molecule has 0 bridgehead atoms. The summed E-state index contributed by atoms with van der Waals surface area (Å²) in [6.45, 7) is 0. The SMILES string of the molecule is c1cnc2c(c1)sc1nc(-c3cc4sc5ncccc5c4cn3)ccc12. The fourth-order valence-electron chi connectivity index (χ4n) is 3.27. The Kier molecular flexibility index (Phi) is 2.88. The first-order chi connectivity index (χ1) is 12.9. The van der Waals surface area contributed by atoms with E-state index in [1.807, 2.05) is 36.8 Å². The third-order valence-electron chi connectivity index (χ3n) is 4.49. The number of thiophene rings is 2. The Morgan fingerprint density at radius 3 is 2.54 bits per heavy atom. The van der Waals surface area contributed by atoms with E-state index in [4.69, 9.17) is 4.98 Å². The summed E-state index contributed by atoms with van der Waals surface area (Å²) in [6, 6.07) is 14.4. The van der Waals surface area contributed by atoms with Gasteiger partial charge in [0.2, 0.25) is 0 Å². The number of pyridine rings is 4. The van der Waals surface area contributed by atoms with Crippen molar-refractivity contribution in [2.24, 2.45) is 0 Å². The van der Waals surface area contributed by atoms with Crippen LogP contribution in [0.2, 0.25) is 0 Å². The van der Waals surface area contributed by atoms with E-state index >= 15 is 0 Å². The third-order valence-corrected chi connectivity index (χ3v) is 6.62. The maximum atomic E-state index is 4.85. The Labute approximate surface area is 155 Å². The summed E-state index contributed by atoms with van der Waals surface area (Å²) in [5, 5.41) is 3.40. The number of nitrogens with zero attached hydrogens (tertiary/aromatic N) is 4. The predicted octanol–water partition coefficient (Wildman–Crippen LogP) is 5.67. The van der Waals surface area contributed by atoms with Gasteiger partial charge in [0, 0.05) is 39.4 Å². The van der Waals surface area contributed by atoms with Crippen LogP contribution < -0.4 is 0 Å². The molecule has 0 fully saturated rings. The van der Waals surface area contributed by atoms with Gasteiger partial charge in [-0.25, -0.2) is 9.97 Å². The summed E-state index contributed by atoms with van der Waals surface area (Å²) in [6.07, 6.45) is 5.59. The van der Waals surface area contributed by atoms with Gasteiger partial charge in [-0.15, -0.1) is 22.7 Å². The van der Waals surface area contributed by atoms with Gasteiger partial charge in [0.05, 0.1) is 21.6 Å². The maximum Gasteiger partial charge on any atom is 0.126 e. The molecule has 26 heavy (non-hydrogen) atoms. The van der Waals surface area contributed by atoms with Crippen LogP contribution in [0.3, 0.4) is 0 Å². The Morgan fingerprint density at radius 1 is 0.654 bits per heavy atom. The molecular formula is C20H10N4S2. The van der Waals surface area contributed by atoms with E-state index in [0.29, 0.717) is 0 Å². The maximum absolute atomic E-state index is 4.85. The lowest BCUT2D eigenvalue weighted by molar-refractivity contribution is 1.31. The van der Waals surface area contributed by atoms with Crippen LogP contribution in [0.5, 0.6) is 0 Å². The molecule has 0 radical (unpaired) electrons. The highest BCUT2D eigenvalue weighted by Gasteiger charge is 2.12. The molecular weight excluding hydrogens is 360 g/mol. The minimum Gasteiger partial charge on any atom is -0.255 e. The Morgan fingerprint density at radius 2 is 1.54 bits per heavy atom. The van der Waals surface area contributed by atoms with Gasteiger partial charge in [-0.3, -0.25) is 9.97 Å². The van der Waals surface area contributed by atoms with Gasteiger partial charge in [0.25, 0.3) is 0 Å². The fourth-order valence-corrected chi connectivity index (χ4v) is 5.35. The molecule has 0 saturated heterocycles. The van der Waals surface area contributed by atoms with Crippen LogP contribution >= 0.6 is 22.7 Å². The number of fused-ring (bicyclic) bond motifs is 6. The smallest absolute Gasteiger partial charge is 0.126 e. The van der Waals surface area contributed by atoms with Crippen LogP contribution in [-0.2, 0) is 0 Å². The van der Waals surface area contributed by atoms with E-state index in [1.165, 1.54) is 4.70 Å². The average molecular weight is 370 g/mol. The van der Waals surface area contributed by atoms with Gasteiger partial charge in [-0.1, -0.05) is 0 Å². The predicted molar refractivity (Wildman–Crippen MR) is 109 cm³/mol. The molecule has 122 valence electrons. The summed E-state index contributed by atoms with van der Waals surface area (Å²) >= 11 is 3.36. The van der Waals surface area contributed by atoms with Crippen LogP contribution in [-0.4, -0.2) is 19.9 Å². The average Bonchev–Trinajstić information content (AvgIpc) is 3.24. The van der Waals surface area contributed by atoms with E-state index < -0.39 is 0 Å². The quantitative estimate of drug-likeness (QED) is 0.374. The van der Waals surface area contributed by atoms with Gasteiger partial charge in [0.15, 0.2) is 0 Å². The van der Waals surface area contributed by atoms with E-state index in [0.717, 1.165) is 47.4 Å². The van der Waals surface area contributed by atoms with Crippen molar-refractivity contribution in [1.82, 2.24) is 19.9 Å². The second-order valence-corrected chi connectivity index (χ2v) is 8.09. The Bertz CT molecular complexity index is 1340. The van der Waals surface area contributed by atoms with E-state index in [1.54, 1.807) is 22.7 Å². The lowest BCUT2D eigenvalue weighted by atomic mass is 10.2. The topological polar surface area (TPSA) is 51.6 Å².